The fourth-order valence-electron chi connectivity index (χ4n) is 3.33. The summed E-state index contributed by atoms with van der Waals surface area (Å²) < 4.78 is 42.5. The molecule has 2 atom stereocenters. The number of nitrogens with zero attached hydrogens (tertiary/aromatic N) is 3. The Kier molecular flexibility index (Phi) is 7.35. The first-order valence-electron chi connectivity index (χ1n) is 9.14. The fraction of sp³-hybridized carbons (Fsp3) is 0.381. The molecule has 1 unspecified atom stereocenters. The lowest BCUT2D eigenvalue weighted by atomic mass is 9.95. The van der Waals surface area contributed by atoms with Crippen molar-refractivity contribution in [1.29, 1.82) is 5.26 Å². The number of amides is 1. The van der Waals surface area contributed by atoms with Crippen LogP contribution in [-0.2, 0) is 4.79 Å². The van der Waals surface area contributed by atoms with Gasteiger partial charge >= 0.3 is 6.18 Å². The average Bonchev–Trinajstić information content (AvgIpc) is 2.65. The average molecular weight is 404 g/mol. The molecule has 0 radical (unpaired) electrons. The maximum absolute atomic E-state index is 14.2. The van der Waals surface area contributed by atoms with Crippen molar-refractivity contribution in [3.63, 3.8) is 0 Å². The molecule has 2 N–H and O–H groups in total. The Labute approximate surface area is 168 Å². The third kappa shape index (κ3) is 5.78. The minimum atomic E-state index is -4.71. The van der Waals surface area contributed by atoms with Crippen molar-refractivity contribution in [1.82, 2.24) is 9.88 Å². The van der Waals surface area contributed by atoms with Gasteiger partial charge in [0, 0.05) is 12.4 Å². The number of pyridine rings is 1. The highest BCUT2D eigenvalue weighted by Crippen LogP contribution is 2.40. The number of carbonyl (C=O) groups is 1. The Morgan fingerprint density at radius 3 is 2.38 bits per heavy atom. The van der Waals surface area contributed by atoms with Crippen LogP contribution >= 0.6 is 0 Å². The van der Waals surface area contributed by atoms with Gasteiger partial charge in [-0.15, -0.1) is 0 Å². The van der Waals surface area contributed by atoms with Gasteiger partial charge in [-0.05, 0) is 47.2 Å². The molecule has 29 heavy (non-hydrogen) atoms. The van der Waals surface area contributed by atoms with Crippen molar-refractivity contribution < 1.29 is 18.0 Å². The first kappa shape index (κ1) is 22.4. The molecule has 1 heterocycles. The molecule has 0 saturated carbocycles. The van der Waals surface area contributed by atoms with Crippen LogP contribution in [0.25, 0.3) is 11.1 Å². The summed E-state index contributed by atoms with van der Waals surface area (Å²) in [5, 5.41) is 9.18. The normalized spacial score (nSPS) is 13.9. The molecule has 0 saturated heterocycles. The second-order valence-corrected chi connectivity index (χ2v) is 7.18. The van der Waals surface area contributed by atoms with Gasteiger partial charge in [0.1, 0.15) is 6.04 Å². The number of aromatic nitrogens is 1. The number of carbonyl (C=O) groups excluding carboxylic acids is 1. The molecule has 5 nitrogen and oxygen atoms in total. The van der Waals surface area contributed by atoms with E-state index in [1.54, 1.807) is 50.5 Å². The van der Waals surface area contributed by atoms with Crippen LogP contribution in [-0.4, -0.2) is 34.6 Å². The van der Waals surface area contributed by atoms with E-state index in [4.69, 9.17) is 5.73 Å². The molecular formula is C21H23F3N4O. The van der Waals surface area contributed by atoms with Crippen LogP contribution in [0, 0.1) is 17.2 Å². The summed E-state index contributed by atoms with van der Waals surface area (Å²) in [5.74, 6) is -0.959. The van der Waals surface area contributed by atoms with Gasteiger partial charge in [-0.25, -0.2) is 0 Å². The van der Waals surface area contributed by atoms with Gasteiger partial charge in [0.25, 0.3) is 0 Å². The standard InChI is InChI=1S/C21H23F3N4O/c1-14(2)12-18(20(26)29)28(11-8-25)19(21(22,23)24)17-5-3-4-16(13-17)15-6-9-27-10-7-15/h3-7,9-10,13-14,18-19H,11-12H2,1-2H3,(H2,26,29)/t18-,19?/m0/s1. The van der Waals surface area contributed by atoms with E-state index in [1.165, 1.54) is 18.2 Å². The molecule has 0 aliphatic carbocycles. The van der Waals surface area contributed by atoms with Crippen LogP contribution in [0.5, 0.6) is 0 Å². The molecule has 1 amide bonds. The van der Waals surface area contributed by atoms with Crippen molar-refractivity contribution in [3.8, 4) is 17.2 Å². The van der Waals surface area contributed by atoms with Gasteiger partial charge < -0.3 is 5.73 Å². The van der Waals surface area contributed by atoms with Crippen LogP contribution in [0.2, 0.25) is 0 Å². The summed E-state index contributed by atoms with van der Waals surface area (Å²) in [4.78, 5) is 16.8. The lowest BCUT2D eigenvalue weighted by Gasteiger charge is -2.37. The highest BCUT2D eigenvalue weighted by atomic mass is 19.4. The lowest BCUT2D eigenvalue weighted by molar-refractivity contribution is -0.192. The number of nitriles is 1. The predicted molar refractivity (Wildman–Crippen MR) is 103 cm³/mol. The van der Waals surface area contributed by atoms with Gasteiger partial charge in [0.15, 0.2) is 0 Å². The zero-order chi connectivity index (χ0) is 21.6. The molecule has 0 fully saturated rings. The summed E-state index contributed by atoms with van der Waals surface area (Å²) in [7, 11) is 0. The van der Waals surface area contributed by atoms with Gasteiger partial charge in [-0.1, -0.05) is 32.0 Å². The first-order chi connectivity index (χ1) is 13.6. The number of primary amides is 1. The van der Waals surface area contributed by atoms with Crippen LogP contribution in [0.15, 0.2) is 48.8 Å². The Hall–Kier alpha value is -2.92. The summed E-state index contributed by atoms with van der Waals surface area (Å²) in [5.41, 5.74) is 6.66. The van der Waals surface area contributed by atoms with Crippen molar-refractivity contribution in [2.75, 3.05) is 6.54 Å². The summed E-state index contributed by atoms with van der Waals surface area (Å²) in [6.07, 6.45) is -1.49. The van der Waals surface area contributed by atoms with E-state index < -0.39 is 30.7 Å². The van der Waals surface area contributed by atoms with Crippen LogP contribution in [0.3, 0.4) is 0 Å². The highest BCUT2D eigenvalue weighted by Gasteiger charge is 2.48. The van der Waals surface area contributed by atoms with E-state index in [-0.39, 0.29) is 17.9 Å². The Morgan fingerprint density at radius 1 is 1.21 bits per heavy atom. The maximum atomic E-state index is 14.2. The summed E-state index contributed by atoms with van der Waals surface area (Å²) in [6.45, 7) is 2.99. The van der Waals surface area contributed by atoms with Crippen molar-refractivity contribution in [2.45, 2.75) is 38.5 Å². The SMILES string of the molecule is CC(C)C[C@@H](C(N)=O)N(CC#N)C(c1cccc(-c2ccncc2)c1)C(F)(F)F. The molecule has 0 aliphatic rings. The maximum Gasteiger partial charge on any atom is 0.408 e. The molecule has 1 aromatic carbocycles. The second-order valence-electron chi connectivity index (χ2n) is 7.18. The van der Waals surface area contributed by atoms with Crippen molar-refractivity contribution >= 4 is 5.91 Å². The van der Waals surface area contributed by atoms with Crippen LogP contribution in [0.1, 0.15) is 31.9 Å². The van der Waals surface area contributed by atoms with Gasteiger partial charge in [0.05, 0.1) is 18.7 Å². The highest BCUT2D eigenvalue weighted by molar-refractivity contribution is 5.80. The van der Waals surface area contributed by atoms with Gasteiger partial charge in [-0.3, -0.25) is 14.7 Å². The number of hydrogen-bond acceptors (Lipinski definition) is 4. The fourth-order valence-corrected chi connectivity index (χ4v) is 3.33. The predicted octanol–water partition coefficient (Wildman–Crippen LogP) is 4.08. The zero-order valence-corrected chi connectivity index (χ0v) is 16.2. The van der Waals surface area contributed by atoms with E-state index in [0.29, 0.717) is 11.1 Å². The molecule has 2 aromatic rings. The largest absolute Gasteiger partial charge is 0.408 e. The van der Waals surface area contributed by atoms with Crippen LogP contribution in [0.4, 0.5) is 13.2 Å². The number of hydrogen-bond donors (Lipinski definition) is 1. The Balaban J connectivity index is 2.57. The van der Waals surface area contributed by atoms with E-state index in [1.807, 2.05) is 0 Å². The van der Waals surface area contributed by atoms with Crippen LogP contribution < -0.4 is 5.73 Å². The van der Waals surface area contributed by atoms with Crippen molar-refractivity contribution in [2.24, 2.45) is 11.7 Å². The monoisotopic (exact) mass is 404 g/mol. The zero-order valence-electron chi connectivity index (χ0n) is 16.2. The number of alkyl halides is 3. The Bertz CT molecular complexity index is 862. The molecule has 8 heteroatoms. The minimum Gasteiger partial charge on any atom is -0.368 e. The van der Waals surface area contributed by atoms with Crippen molar-refractivity contribution in [3.05, 3.63) is 54.4 Å². The lowest BCUT2D eigenvalue weighted by Crippen LogP contribution is -2.51. The van der Waals surface area contributed by atoms with Gasteiger partial charge in [0.2, 0.25) is 5.91 Å². The Morgan fingerprint density at radius 2 is 1.86 bits per heavy atom. The number of rotatable bonds is 8. The van der Waals surface area contributed by atoms with E-state index in [9.17, 15) is 23.2 Å². The molecule has 2 rings (SSSR count). The summed E-state index contributed by atoms with van der Waals surface area (Å²) >= 11 is 0. The molecule has 154 valence electrons. The first-order valence-corrected chi connectivity index (χ1v) is 9.14. The topological polar surface area (TPSA) is 83.0 Å². The minimum absolute atomic E-state index is 0.0583. The number of nitrogens with two attached hydrogens (primary N) is 1. The molecule has 0 spiro atoms. The molecular weight excluding hydrogens is 381 g/mol. The molecule has 1 aromatic heterocycles. The number of halogens is 3. The molecule has 0 aliphatic heterocycles. The quantitative estimate of drug-likeness (QED) is 0.672. The third-order valence-electron chi connectivity index (χ3n) is 4.53. The second kappa shape index (κ2) is 9.52. The van der Waals surface area contributed by atoms with Gasteiger partial charge in [-0.2, -0.15) is 18.4 Å². The summed E-state index contributed by atoms with van der Waals surface area (Å²) in [6, 6.07) is 7.78. The molecule has 0 bridgehead atoms. The van der Waals surface area contributed by atoms with E-state index in [0.717, 1.165) is 4.90 Å². The third-order valence-corrected chi connectivity index (χ3v) is 4.53. The number of benzene rings is 1. The van der Waals surface area contributed by atoms with E-state index in [2.05, 4.69) is 4.98 Å². The smallest absolute Gasteiger partial charge is 0.368 e. The van der Waals surface area contributed by atoms with E-state index >= 15 is 0 Å².